The third-order valence-corrected chi connectivity index (χ3v) is 4.67. The fourth-order valence-electron chi connectivity index (χ4n) is 3.37. The molecule has 0 saturated heterocycles. The van der Waals surface area contributed by atoms with Gasteiger partial charge in [-0.1, -0.05) is 19.4 Å². The maximum Gasteiger partial charge on any atom is 0.291 e. The van der Waals surface area contributed by atoms with Crippen LogP contribution in [-0.4, -0.2) is 38.7 Å². The van der Waals surface area contributed by atoms with Crippen molar-refractivity contribution < 1.29 is 14.3 Å². The topological polar surface area (TPSA) is 90.6 Å². The van der Waals surface area contributed by atoms with E-state index in [2.05, 4.69) is 27.3 Å². The second kappa shape index (κ2) is 7.46. The molecule has 1 aromatic carbocycles. The highest BCUT2D eigenvalue weighted by Gasteiger charge is 2.21. The lowest BCUT2D eigenvalue weighted by Gasteiger charge is -2.22. The van der Waals surface area contributed by atoms with Gasteiger partial charge in [0.1, 0.15) is 13.2 Å². The fourth-order valence-corrected chi connectivity index (χ4v) is 3.37. The summed E-state index contributed by atoms with van der Waals surface area (Å²) in [6.07, 6.45) is 1.70. The summed E-state index contributed by atoms with van der Waals surface area (Å²) in [5.74, 6) is 1.65. The second-order valence-electron chi connectivity index (χ2n) is 6.90. The molecule has 2 aromatic heterocycles. The van der Waals surface area contributed by atoms with Crippen LogP contribution in [0.1, 0.15) is 53.4 Å². The molecule has 1 N–H and O–H groups in total. The Bertz CT molecular complexity index is 1030. The Morgan fingerprint density at radius 2 is 1.96 bits per heavy atom. The molecule has 1 amide bonds. The minimum atomic E-state index is -0.323. The zero-order valence-corrected chi connectivity index (χ0v) is 16.2. The summed E-state index contributed by atoms with van der Waals surface area (Å²) in [7, 11) is 0. The van der Waals surface area contributed by atoms with Crippen LogP contribution in [0.2, 0.25) is 0 Å². The summed E-state index contributed by atoms with van der Waals surface area (Å²) in [6.45, 7) is 6.95. The van der Waals surface area contributed by atoms with Crippen molar-refractivity contribution >= 4 is 11.7 Å². The number of benzene rings is 1. The number of hydrogen-bond donors (Lipinski definition) is 1. The highest BCUT2D eigenvalue weighted by Crippen LogP contribution is 2.33. The van der Waals surface area contributed by atoms with Crippen LogP contribution in [0, 0.1) is 13.8 Å². The number of rotatable bonds is 5. The number of amides is 1. The monoisotopic (exact) mass is 381 g/mol. The molecule has 1 unspecified atom stereocenters. The highest BCUT2D eigenvalue weighted by atomic mass is 16.6. The Morgan fingerprint density at radius 3 is 2.75 bits per heavy atom. The molecule has 0 aliphatic carbocycles. The Labute approximate surface area is 162 Å². The molecule has 8 nitrogen and oxygen atoms in total. The van der Waals surface area contributed by atoms with Crippen LogP contribution < -0.4 is 14.8 Å². The lowest BCUT2D eigenvalue weighted by atomic mass is 10.0. The van der Waals surface area contributed by atoms with E-state index in [1.807, 2.05) is 38.1 Å². The third kappa shape index (κ3) is 3.49. The van der Waals surface area contributed by atoms with Gasteiger partial charge >= 0.3 is 0 Å². The van der Waals surface area contributed by atoms with Crippen LogP contribution in [0.5, 0.6) is 11.5 Å². The first-order valence-corrected chi connectivity index (χ1v) is 9.46. The number of nitrogens with zero attached hydrogens (tertiary/aromatic N) is 4. The normalized spacial score (nSPS) is 14.1. The Kier molecular flexibility index (Phi) is 4.85. The quantitative estimate of drug-likeness (QED) is 0.731. The van der Waals surface area contributed by atoms with Crippen molar-refractivity contribution in [3.8, 4) is 11.5 Å². The van der Waals surface area contributed by atoms with E-state index in [-0.39, 0.29) is 17.8 Å². The van der Waals surface area contributed by atoms with Gasteiger partial charge < -0.3 is 14.8 Å². The second-order valence-corrected chi connectivity index (χ2v) is 6.90. The van der Waals surface area contributed by atoms with Crippen LogP contribution in [0.25, 0.3) is 5.78 Å². The van der Waals surface area contributed by atoms with E-state index in [0.29, 0.717) is 24.7 Å². The number of fused-ring (bicyclic) bond motifs is 2. The molecule has 3 heterocycles. The van der Waals surface area contributed by atoms with E-state index >= 15 is 0 Å². The molecule has 8 heteroatoms. The first kappa shape index (κ1) is 18.2. The number of nitrogens with one attached hydrogen (secondary N) is 1. The number of ether oxygens (including phenoxy) is 2. The Morgan fingerprint density at radius 1 is 1.18 bits per heavy atom. The van der Waals surface area contributed by atoms with Crippen LogP contribution in [-0.2, 0) is 0 Å². The van der Waals surface area contributed by atoms with Crippen molar-refractivity contribution in [2.24, 2.45) is 0 Å². The summed E-state index contributed by atoms with van der Waals surface area (Å²) in [6, 6.07) is 7.51. The maximum absolute atomic E-state index is 12.8. The molecule has 1 aliphatic rings. The van der Waals surface area contributed by atoms with Gasteiger partial charge in [0.05, 0.1) is 6.04 Å². The minimum Gasteiger partial charge on any atom is -0.486 e. The van der Waals surface area contributed by atoms with E-state index in [0.717, 1.165) is 35.5 Å². The lowest BCUT2D eigenvalue weighted by molar-refractivity contribution is 0.0924. The van der Waals surface area contributed by atoms with Crippen molar-refractivity contribution in [2.45, 2.75) is 39.7 Å². The smallest absolute Gasteiger partial charge is 0.291 e. The molecule has 0 fully saturated rings. The zero-order chi connectivity index (χ0) is 19.7. The average Bonchev–Trinajstić information content (AvgIpc) is 3.12. The van der Waals surface area contributed by atoms with E-state index in [1.165, 1.54) is 0 Å². The molecular formula is C20H23N5O3. The molecule has 28 heavy (non-hydrogen) atoms. The van der Waals surface area contributed by atoms with E-state index in [1.54, 1.807) is 4.52 Å². The largest absolute Gasteiger partial charge is 0.486 e. The summed E-state index contributed by atoms with van der Waals surface area (Å²) >= 11 is 0. The molecule has 0 spiro atoms. The number of aromatic nitrogens is 4. The highest BCUT2D eigenvalue weighted by molar-refractivity contribution is 5.91. The van der Waals surface area contributed by atoms with Crippen molar-refractivity contribution in [1.29, 1.82) is 0 Å². The average molecular weight is 381 g/mol. The zero-order valence-electron chi connectivity index (χ0n) is 16.2. The van der Waals surface area contributed by atoms with E-state index in [9.17, 15) is 4.79 Å². The minimum absolute atomic E-state index is 0.111. The van der Waals surface area contributed by atoms with Crippen LogP contribution in [0.4, 0.5) is 0 Å². The van der Waals surface area contributed by atoms with Gasteiger partial charge in [0.25, 0.3) is 11.7 Å². The molecule has 3 aromatic rings. The van der Waals surface area contributed by atoms with Crippen LogP contribution >= 0.6 is 0 Å². The van der Waals surface area contributed by atoms with Gasteiger partial charge in [-0.2, -0.15) is 4.98 Å². The van der Waals surface area contributed by atoms with Crippen LogP contribution in [0.15, 0.2) is 24.3 Å². The van der Waals surface area contributed by atoms with Crippen molar-refractivity contribution in [3.63, 3.8) is 0 Å². The summed E-state index contributed by atoms with van der Waals surface area (Å²) in [5, 5.41) is 7.37. The van der Waals surface area contributed by atoms with Crippen LogP contribution in [0.3, 0.4) is 0 Å². The molecule has 1 atom stereocenters. The van der Waals surface area contributed by atoms with E-state index in [4.69, 9.17) is 9.47 Å². The van der Waals surface area contributed by atoms with Gasteiger partial charge in [0.15, 0.2) is 11.5 Å². The standard InChI is InChI=1S/C20H23N5O3/c1-4-5-15(14-6-7-16-17(11-14)28-9-8-27-16)22-19(26)18-23-20-21-12(2)10-13(3)25(20)24-18/h6-7,10-11,15H,4-5,8-9H2,1-3H3,(H,22,26). The van der Waals surface area contributed by atoms with Gasteiger partial charge in [-0.05, 0) is 44.0 Å². The molecule has 4 rings (SSSR count). The van der Waals surface area contributed by atoms with Gasteiger partial charge in [0, 0.05) is 11.4 Å². The van der Waals surface area contributed by atoms with Crippen molar-refractivity contribution in [2.75, 3.05) is 13.2 Å². The molecule has 0 saturated carbocycles. The molecule has 0 radical (unpaired) electrons. The summed E-state index contributed by atoms with van der Waals surface area (Å²) in [4.78, 5) is 21.5. The van der Waals surface area contributed by atoms with Crippen molar-refractivity contribution in [1.82, 2.24) is 24.9 Å². The summed E-state index contributed by atoms with van der Waals surface area (Å²) in [5.41, 5.74) is 2.68. The fraction of sp³-hybridized carbons (Fsp3) is 0.400. The molecular weight excluding hydrogens is 358 g/mol. The first-order chi connectivity index (χ1) is 13.5. The SMILES string of the molecule is CCCC(NC(=O)c1nc2nc(C)cc(C)n2n1)c1ccc2c(c1)OCCO2. The lowest BCUT2D eigenvalue weighted by Crippen LogP contribution is -2.29. The van der Waals surface area contributed by atoms with Gasteiger partial charge in [-0.15, -0.1) is 5.10 Å². The maximum atomic E-state index is 12.8. The first-order valence-electron chi connectivity index (χ1n) is 9.46. The molecule has 146 valence electrons. The summed E-state index contributed by atoms with van der Waals surface area (Å²) < 4.78 is 12.8. The predicted octanol–water partition coefficient (Wildman–Crippen LogP) is 2.78. The Balaban J connectivity index is 1.59. The van der Waals surface area contributed by atoms with Gasteiger partial charge in [-0.3, -0.25) is 4.79 Å². The number of carbonyl (C=O) groups excluding carboxylic acids is 1. The van der Waals surface area contributed by atoms with E-state index < -0.39 is 0 Å². The Hall–Kier alpha value is -3.16. The predicted molar refractivity (Wildman–Crippen MR) is 103 cm³/mol. The van der Waals surface area contributed by atoms with Crippen molar-refractivity contribution in [3.05, 3.63) is 47.0 Å². The third-order valence-electron chi connectivity index (χ3n) is 4.67. The number of carbonyl (C=O) groups is 1. The van der Waals surface area contributed by atoms with Gasteiger partial charge in [0.2, 0.25) is 5.82 Å². The molecule has 1 aliphatic heterocycles. The number of aryl methyl sites for hydroxylation is 2. The van der Waals surface area contributed by atoms with Gasteiger partial charge in [-0.25, -0.2) is 9.50 Å². The number of hydrogen-bond acceptors (Lipinski definition) is 6. The molecule has 0 bridgehead atoms.